The molecular formula is C9H8BrClN2O2S3. The standard InChI is InChI=1S/C9H8BrClN2O2S3/c10-9-6(11)5-8(17-9)18(14,15)13-2-1-7-12-3-4-16-7/h3-5,13H,1-2H2. The van der Waals surface area contributed by atoms with Crippen molar-refractivity contribution < 1.29 is 8.42 Å². The molecule has 98 valence electrons. The van der Waals surface area contributed by atoms with Gasteiger partial charge in [-0.2, -0.15) is 0 Å². The Labute approximate surface area is 126 Å². The molecule has 0 saturated carbocycles. The molecule has 0 aliphatic rings. The Morgan fingerprint density at radius 2 is 2.28 bits per heavy atom. The Morgan fingerprint density at radius 3 is 2.83 bits per heavy atom. The molecule has 0 atom stereocenters. The molecule has 0 bridgehead atoms. The fourth-order valence-corrected chi connectivity index (χ4v) is 5.29. The van der Waals surface area contributed by atoms with Crippen LogP contribution in [0.15, 0.2) is 25.6 Å². The molecule has 0 spiro atoms. The van der Waals surface area contributed by atoms with Gasteiger partial charge in [-0.3, -0.25) is 0 Å². The largest absolute Gasteiger partial charge is 0.250 e. The summed E-state index contributed by atoms with van der Waals surface area (Å²) >= 11 is 11.6. The van der Waals surface area contributed by atoms with Crippen LogP contribution in [0.2, 0.25) is 5.02 Å². The maximum absolute atomic E-state index is 11.9. The number of thiophene rings is 1. The van der Waals surface area contributed by atoms with Gasteiger partial charge < -0.3 is 0 Å². The Balaban J connectivity index is 1.99. The molecule has 1 N–H and O–H groups in total. The molecule has 0 aromatic carbocycles. The molecule has 0 saturated heterocycles. The number of thiazole rings is 1. The van der Waals surface area contributed by atoms with Crippen molar-refractivity contribution in [2.24, 2.45) is 0 Å². The molecule has 4 nitrogen and oxygen atoms in total. The van der Waals surface area contributed by atoms with E-state index in [4.69, 9.17) is 11.6 Å². The molecule has 2 rings (SSSR count). The Kier molecular flexibility index (Phi) is 4.79. The molecule has 0 fully saturated rings. The minimum atomic E-state index is -3.48. The first-order valence-electron chi connectivity index (χ1n) is 4.82. The van der Waals surface area contributed by atoms with Crippen molar-refractivity contribution in [3.05, 3.63) is 31.5 Å². The van der Waals surface area contributed by atoms with Crippen molar-refractivity contribution in [2.75, 3.05) is 6.54 Å². The monoisotopic (exact) mass is 386 g/mol. The van der Waals surface area contributed by atoms with E-state index in [1.807, 2.05) is 5.38 Å². The van der Waals surface area contributed by atoms with Crippen molar-refractivity contribution in [2.45, 2.75) is 10.6 Å². The van der Waals surface area contributed by atoms with Crippen LogP contribution < -0.4 is 4.72 Å². The number of hydrogen-bond acceptors (Lipinski definition) is 5. The van der Waals surface area contributed by atoms with Crippen LogP contribution in [-0.4, -0.2) is 19.9 Å². The van der Waals surface area contributed by atoms with Gasteiger partial charge in [-0.1, -0.05) is 11.6 Å². The average Bonchev–Trinajstić information content (AvgIpc) is 2.90. The molecule has 2 heterocycles. The van der Waals surface area contributed by atoms with Gasteiger partial charge in [-0.25, -0.2) is 18.1 Å². The normalized spacial score (nSPS) is 11.9. The first-order chi connectivity index (χ1) is 8.49. The summed E-state index contributed by atoms with van der Waals surface area (Å²) < 4.78 is 27.2. The van der Waals surface area contributed by atoms with Crippen molar-refractivity contribution in [1.29, 1.82) is 0 Å². The van der Waals surface area contributed by atoms with E-state index in [0.717, 1.165) is 16.3 Å². The molecule has 0 unspecified atom stereocenters. The predicted octanol–water partition coefficient (Wildman–Crippen LogP) is 3.14. The third-order valence-electron chi connectivity index (χ3n) is 2.00. The maximum Gasteiger partial charge on any atom is 0.250 e. The molecule has 0 amide bonds. The molecular weight excluding hydrogens is 380 g/mol. The van der Waals surface area contributed by atoms with E-state index in [1.54, 1.807) is 6.20 Å². The lowest BCUT2D eigenvalue weighted by Gasteiger charge is -2.02. The van der Waals surface area contributed by atoms with Gasteiger partial charge in [0.05, 0.1) is 13.8 Å². The van der Waals surface area contributed by atoms with Crippen LogP contribution in [0.25, 0.3) is 0 Å². The Hall–Kier alpha value is 0.01000. The molecule has 18 heavy (non-hydrogen) atoms. The summed E-state index contributed by atoms with van der Waals surface area (Å²) in [6, 6.07) is 1.43. The van der Waals surface area contributed by atoms with Gasteiger partial charge in [0, 0.05) is 24.5 Å². The van der Waals surface area contributed by atoms with Crippen LogP contribution in [0.5, 0.6) is 0 Å². The smallest absolute Gasteiger partial charge is 0.250 e. The highest BCUT2D eigenvalue weighted by atomic mass is 79.9. The topological polar surface area (TPSA) is 59.1 Å². The Morgan fingerprint density at radius 1 is 1.50 bits per heavy atom. The van der Waals surface area contributed by atoms with E-state index in [9.17, 15) is 8.42 Å². The minimum absolute atomic E-state index is 0.207. The second kappa shape index (κ2) is 5.98. The number of nitrogens with one attached hydrogen (secondary N) is 1. The van der Waals surface area contributed by atoms with Gasteiger partial charge in [-0.15, -0.1) is 22.7 Å². The summed E-state index contributed by atoms with van der Waals surface area (Å²) in [5, 5.41) is 3.17. The van der Waals surface area contributed by atoms with Crippen LogP contribution in [0, 0.1) is 0 Å². The number of rotatable bonds is 5. The molecule has 9 heteroatoms. The minimum Gasteiger partial charge on any atom is -0.250 e. The van der Waals surface area contributed by atoms with E-state index in [-0.39, 0.29) is 4.21 Å². The molecule has 0 aliphatic carbocycles. The highest BCUT2D eigenvalue weighted by Gasteiger charge is 2.18. The van der Waals surface area contributed by atoms with E-state index >= 15 is 0 Å². The van der Waals surface area contributed by atoms with Gasteiger partial charge in [0.25, 0.3) is 0 Å². The zero-order valence-corrected chi connectivity index (χ0v) is 13.7. The molecule has 2 aromatic rings. The van der Waals surface area contributed by atoms with E-state index in [2.05, 4.69) is 25.6 Å². The van der Waals surface area contributed by atoms with E-state index in [0.29, 0.717) is 21.8 Å². The van der Waals surface area contributed by atoms with Crippen molar-refractivity contribution in [3.63, 3.8) is 0 Å². The lowest BCUT2D eigenvalue weighted by Crippen LogP contribution is -2.25. The molecule has 0 aliphatic heterocycles. The summed E-state index contributed by atoms with van der Waals surface area (Å²) in [6.07, 6.45) is 2.28. The van der Waals surface area contributed by atoms with Crippen molar-refractivity contribution in [3.8, 4) is 0 Å². The quantitative estimate of drug-likeness (QED) is 0.857. The maximum atomic E-state index is 11.9. The summed E-state index contributed by atoms with van der Waals surface area (Å²) in [6.45, 7) is 0.322. The molecule has 0 radical (unpaired) electrons. The average molecular weight is 388 g/mol. The lowest BCUT2D eigenvalue weighted by molar-refractivity contribution is 0.583. The third kappa shape index (κ3) is 3.52. The van der Waals surface area contributed by atoms with Crippen molar-refractivity contribution >= 4 is 60.2 Å². The van der Waals surface area contributed by atoms with Crippen LogP contribution in [0.1, 0.15) is 5.01 Å². The SMILES string of the molecule is O=S(=O)(NCCc1nccs1)c1cc(Cl)c(Br)s1. The number of hydrogen-bond donors (Lipinski definition) is 1. The molecule has 2 aromatic heterocycles. The van der Waals surface area contributed by atoms with Crippen LogP contribution in [0.3, 0.4) is 0 Å². The lowest BCUT2D eigenvalue weighted by atomic mass is 10.5. The van der Waals surface area contributed by atoms with Crippen LogP contribution in [0.4, 0.5) is 0 Å². The van der Waals surface area contributed by atoms with Gasteiger partial charge in [0.15, 0.2) is 0 Å². The number of sulfonamides is 1. The fourth-order valence-electron chi connectivity index (χ4n) is 1.20. The summed E-state index contributed by atoms with van der Waals surface area (Å²) in [4.78, 5) is 4.08. The van der Waals surface area contributed by atoms with Gasteiger partial charge in [0.1, 0.15) is 4.21 Å². The van der Waals surface area contributed by atoms with Crippen molar-refractivity contribution in [1.82, 2.24) is 9.71 Å². The second-order valence-electron chi connectivity index (χ2n) is 3.26. The third-order valence-corrected chi connectivity index (χ3v) is 7.25. The zero-order valence-electron chi connectivity index (χ0n) is 8.89. The van der Waals surface area contributed by atoms with Crippen LogP contribution >= 0.6 is 50.2 Å². The van der Waals surface area contributed by atoms with E-state index in [1.165, 1.54) is 17.4 Å². The second-order valence-corrected chi connectivity index (χ2v) is 9.01. The Bertz CT molecular complexity index is 605. The van der Waals surface area contributed by atoms with Gasteiger partial charge in [0.2, 0.25) is 10.0 Å². The first-order valence-corrected chi connectivity index (χ1v) is 9.17. The van der Waals surface area contributed by atoms with Gasteiger partial charge in [-0.05, 0) is 22.0 Å². The number of halogens is 2. The highest BCUT2D eigenvalue weighted by Crippen LogP contribution is 2.34. The van der Waals surface area contributed by atoms with Gasteiger partial charge >= 0.3 is 0 Å². The number of aromatic nitrogens is 1. The fraction of sp³-hybridized carbons (Fsp3) is 0.222. The summed E-state index contributed by atoms with van der Waals surface area (Å²) in [5.74, 6) is 0. The summed E-state index contributed by atoms with van der Waals surface area (Å²) in [5.41, 5.74) is 0. The van der Waals surface area contributed by atoms with E-state index < -0.39 is 10.0 Å². The zero-order chi connectivity index (χ0) is 13.2. The van der Waals surface area contributed by atoms with Crippen LogP contribution in [-0.2, 0) is 16.4 Å². The first kappa shape index (κ1) is 14.4. The summed E-state index contributed by atoms with van der Waals surface area (Å²) in [7, 11) is -3.48. The predicted molar refractivity (Wildman–Crippen MR) is 78.0 cm³/mol. The highest BCUT2D eigenvalue weighted by molar-refractivity contribution is 9.11. The number of nitrogens with zero attached hydrogens (tertiary/aromatic N) is 1.